The number of rotatable bonds is 4. The highest BCUT2D eigenvalue weighted by atomic mass is 16.5. The van der Waals surface area contributed by atoms with Gasteiger partial charge in [-0.1, -0.05) is 6.07 Å². The molecule has 15 heavy (non-hydrogen) atoms. The molecule has 0 spiro atoms. The molecule has 0 radical (unpaired) electrons. The number of aliphatic hydroxyl groups is 1. The van der Waals surface area contributed by atoms with E-state index in [1.807, 2.05) is 0 Å². The fourth-order valence-corrected chi connectivity index (χ4v) is 1.11. The first-order chi connectivity index (χ1) is 7.02. The second-order valence-electron chi connectivity index (χ2n) is 3.25. The molecule has 1 aromatic rings. The van der Waals surface area contributed by atoms with Gasteiger partial charge < -0.3 is 21.3 Å². The van der Waals surface area contributed by atoms with E-state index in [2.05, 4.69) is 0 Å². The van der Waals surface area contributed by atoms with Gasteiger partial charge in [0.15, 0.2) is 5.75 Å². The summed E-state index contributed by atoms with van der Waals surface area (Å²) in [5.41, 5.74) is 11.3. The summed E-state index contributed by atoms with van der Waals surface area (Å²) < 4.78 is 5.21. The summed E-state index contributed by atoms with van der Waals surface area (Å²) in [6, 6.07) is 4.74. The summed E-state index contributed by atoms with van der Waals surface area (Å²) in [4.78, 5) is 11.0. The number of anilines is 1. The van der Waals surface area contributed by atoms with E-state index in [0.717, 1.165) is 0 Å². The fraction of sp³-hybridized carbons (Fsp3) is 0.300. The molecule has 0 aliphatic carbocycles. The number of ether oxygens (including phenoxy) is 1. The second-order valence-corrected chi connectivity index (χ2v) is 3.25. The summed E-state index contributed by atoms with van der Waals surface area (Å²) in [6.45, 7) is 1.64. The average Bonchev–Trinajstić information content (AvgIpc) is 2.15. The number of hydrogen-bond donors (Lipinski definition) is 3. The largest absolute Gasteiger partial charge is 0.488 e. The van der Waals surface area contributed by atoms with Gasteiger partial charge in [0, 0.05) is 0 Å². The molecular weight excluding hydrogens is 196 g/mol. The van der Waals surface area contributed by atoms with E-state index in [1.54, 1.807) is 19.1 Å². The average molecular weight is 210 g/mol. The van der Waals surface area contributed by atoms with Crippen LogP contribution in [0.2, 0.25) is 0 Å². The summed E-state index contributed by atoms with van der Waals surface area (Å²) in [5, 5.41) is 9.05. The highest BCUT2D eigenvalue weighted by molar-refractivity contribution is 5.97. The first-order valence-electron chi connectivity index (χ1n) is 4.51. The van der Waals surface area contributed by atoms with Crippen molar-refractivity contribution in [1.29, 1.82) is 0 Å². The van der Waals surface area contributed by atoms with Gasteiger partial charge in [0.25, 0.3) is 5.91 Å². The maximum absolute atomic E-state index is 11.0. The number of nitrogens with two attached hydrogens (primary N) is 2. The van der Waals surface area contributed by atoms with Gasteiger partial charge in [-0.25, -0.2) is 0 Å². The van der Waals surface area contributed by atoms with Crippen LogP contribution >= 0.6 is 0 Å². The standard InChI is InChI=1S/C10H14N2O3/c1-6(13)5-15-9-7(10(12)14)3-2-4-8(9)11/h2-4,6,13H,5,11H2,1H3,(H2,12,14). The number of carbonyl (C=O) groups excluding carboxylic acids is 1. The van der Waals surface area contributed by atoms with E-state index in [0.29, 0.717) is 5.69 Å². The third-order valence-corrected chi connectivity index (χ3v) is 1.78. The molecule has 1 rings (SSSR count). The Morgan fingerprint density at radius 2 is 2.27 bits per heavy atom. The Hall–Kier alpha value is -1.75. The maximum atomic E-state index is 11.0. The van der Waals surface area contributed by atoms with Crippen LogP contribution in [0.25, 0.3) is 0 Å². The predicted octanol–water partition coefficient (Wildman–Crippen LogP) is 0.127. The highest BCUT2D eigenvalue weighted by Crippen LogP contribution is 2.25. The lowest BCUT2D eigenvalue weighted by molar-refractivity contribution is 0.0983. The quantitative estimate of drug-likeness (QED) is 0.615. The lowest BCUT2D eigenvalue weighted by atomic mass is 10.1. The van der Waals surface area contributed by atoms with E-state index in [1.165, 1.54) is 6.07 Å². The third-order valence-electron chi connectivity index (χ3n) is 1.78. The van der Waals surface area contributed by atoms with Crippen molar-refractivity contribution >= 4 is 11.6 Å². The molecule has 1 amide bonds. The SMILES string of the molecule is CC(O)COc1c(N)cccc1C(N)=O. The van der Waals surface area contributed by atoms with Gasteiger partial charge in [-0.15, -0.1) is 0 Å². The Labute approximate surface area is 87.6 Å². The number of hydrogen-bond acceptors (Lipinski definition) is 4. The highest BCUT2D eigenvalue weighted by Gasteiger charge is 2.12. The zero-order valence-electron chi connectivity index (χ0n) is 8.43. The Morgan fingerprint density at radius 1 is 1.60 bits per heavy atom. The van der Waals surface area contributed by atoms with Crippen LogP contribution in [0.4, 0.5) is 5.69 Å². The monoisotopic (exact) mass is 210 g/mol. The molecule has 0 aliphatic rings. The van der Waals surface area contributed by atoms with Crippen molar-refractivity contribution in [3.8, 4) is 5.75 Å². The number of para-hydroxylation sites is 1. The summed E-state index contributed by atoms with van der Waals surface area (Å²) in [5.74, 6) is -0.381. The minimum atomic E-state index is -0.634. The molecule has 0 heterocycles. The van der Waals surface area contributed by atoms with Crippen molar-refractivity contribution in [1.82, 2.24) is 0 Å². The van der Waals surface area contributed by atoms with E-state index >= 15 is 0 Å². The van der Waals surface area contributed by atoms with Gasteiger partial charge in [-0.05, 0) is 19.1 Å². The number of carbonyl (C=O) groups is 1. The van der Waals surface area contributed by atoms with Crippen LogP contribution in [0.1, 0.15) is 17.3 Å². The lowest BCUT2D eigenvalue weighted by Crippen LogP contribution is -2.18. The molecule has 1 atom stereocenters. The number of primary amides is 1. The van der Waals surface area contributed by atoms with Gasteiger partial charge in [0.05, 0.1) is 17.4 Å². The minimum Gasteiger partial charge on any atom is -0.488 e. The zero-order chi connectivity index (χ0) is 11.4. The third kappa shape index (κ3) is 2.85. The van der Waals surface area contributed by atoms with Gasteiger partial charge in [0.1, 0.15) is 6.61 Å². The molecule has 0 fully saturated rings. The van der Waals surface area contributed by atoms with Crippen LogP contribution in [0.5, 0.6) is 5.75 Å². The van der Waals surface area contributed by atoms with Gasteiger partial charge in [-0.3, -0.25) is 4.79 Å². The van der Waals surface area contributed by atoms with E-state index in [-0.39, 0.29) is 17.9 Å². The van der Waals surface area contributed by atoms with E-state index < -0.39 is 12.0 Å². The number of amides is 1. The van der Waals surface area contributed by atoms with Crippen LogP contribution in [-0.2, 0) is 0 Å². The molecule has 1 aromatic carbocycles. The molecule has 0 bridgehead atoms. The smallest absolute Gasteiger partial charge is 0.252 e. The van der Waals surface area contributed by atoms with E-state index in [4.69, 9.17) is 21.3 Å². The predicted molar refractivity (Wildman–Crippen MR) is 56.5 cm³/mol. The van der Waals surface area contributed by atoms with Gasteiger partial charge in [-0.2, -0.15) is 0 Å². The Bertz CT molecular complexity index is 364. The molecule has 5 nitrogen and oxygen atoms in total. The Balaban J connectivity index is 2.97. The van der Waals surface area contributed by atoms with Gasteiger partial charge in [0.2, 0.25) is 0 Å². The van der Waals surface area contributed by atoms with Crippen molar-refractivity contribution in [2.45, 2.75) is 13.0 Å². The second kappa shape index (κ2) is 4.65. The summed E-state index contributed by atoms with van der Waals surface area (Å²) >= 11 is 0. The van der Waals surface area contributed by atoms with Crippen LogP contribution in [0.3, 0.4) is 0 Å². The van der Waals surface area contributed by atoms with Crippen molar-refractivity contribution in [3.63, 3.8) is 0 Å². The molecule has 5 N–H and O–H groups in total. The van der Waals surface area contributed by atoms with Gasteiger partial charge >= 0.3 is 0 Å². The summed E-state index contributed by atoms with van der Waals surface area (Å²) in [7, 11) is 0. The molecule has 1 unspecified atom stereocenters. The molecule has 0 aliphatic heterocycles. The molecular formula is C10H14N2O3. The maximum Gasteiger partial charge on any atom is 0.252 e. The molecule has 0 saturated heterocycles. The van der Waals surface area contributed by atoms with Crippen LogP contribution < -0.4 is 16.2 Å². The zero-order valence-corrected chi connectivity index (χ0v) is 8.43. The summed E-state index contributed by atoms with van der Waals surface area (Å²) in [6.07, 6.45) is -0.634. The first-order valence-corrected chi connectivity index (χ1v) is 4.51. The van der Waals surface area contributed by atoms with Crippen molar-refractivity contribution < 1.29 is 14.6 Å². The Morgan fingerprint density at radius 3 is 2.80 bits per heavy atom. The molecule has 0 saturated carbocycles. The van der Waals surface area contributed by atoms with Crippen LogP contribution in [0.15, 0.2) is 18.2 Å². The minimum absolute atomic E-state index is 0.0640. The fourth-order valence-electron chi connectivity index (χ4n) is 1.11. The van der Waals surface area contributed by atoms with Crippen LogP contribution in [0, 0.1) is 0 Å². The molecule has 0 aromatic heterocycles. The number of nitrogen functional groups attached to an aromatic ring is 1. The number of benzene rings is 1. The molecule has 82 valence electrons. The van der Waals surface area contributed by atoms with Crippen LogP contribution in [-0.4, -0.2) is 23.7 Å². The van der Waals surface area contributed by atoms with Crippen molar-refractivity contribution in [2.75, 3.05) is 12.3 Å². The Kier molecular flexibility index (Phi) is 3.51. The normalized spacial score (nSPS) is 12.1. The number of aliphatic hydroxyl groups excluding tert-OH is 1. The van der Waals surface area contributed by atoms with Crippen molar-refractivity contribution in [2.24, 2.45) is 5.73 Å². The lowest BCUT2D eigenvalue weighted by Gasteiger charge is -2.12. The van der Waals surface area contributed by atoms with Crippen molar-refractivity contribution in [3.05, 3.63) is 23.8 Å². The van der Waals surface area contributed by atoms with E-state index in [9.17, 15) is 4.79 Å². The molecule has 5 heteroatoms. The topological polar surface area (TPSA) is 98.6 Å². The first kappa shape index (κ1) is 11.3.